The molecule has 1 aromatic carbocycles. The highest BCUT2D eigenvalue weighted by Gasteiger charge is 2.16. The van der Waals surface area contributed by atoms with Crippen molar-refractivity contribution < 1.29 is 4.79 Å². The molecule has 2 N–H and O–H groups in total. The zero-order valence-corrected chi connectivity index (χ0v) is 9.31. The third-order valence-corrected chi connectivity index (χ3v) is 2.59. The molecule has 15 heavy (non-hydrogen) atoms. The molecule has 0 aliphatic carbocycles. The molecule has 1 atom stereocenters. The number of rotatable bonds is 5. The molecule has 0 saturated heterocycles. The Balaban J connectivity index is 2.66. The minimum atomic E-state index is -0.271. The Bertz CT molecular complexity index is 311. The Morgan fingerprint density at radius 3 is 2.47 bits per heavy atom. The molecule has 0 aliphatic rings. The van der Waals surface area contributed by atoms with E-state index >= 15 is 0 Å². The van der Waals surface area contributed by atoms with Crippen LogP contribution in [0, 0.1) is 0 Å². The molecule has 0 radical (unpaired) electrons. The first-order valence-corrected chi connectivity index (χ1v) is 5.22. The van der Waals surface area contributed by atoms with Gasteiger partial charge in [-0.05, 0) is 19.0 Å². The molecule has 3 heteroatoms. The summed E-state index contributed by atoms with van der Waals surface area (Å²) in [6, 6.07) is 9.87. The van der Waals surface area contributed by atoms with Gasteiger partial charge in [-0.25, -0.2) is 0 Å². The van der Waals surface area contributed by atoms with Gasteiger partial charge in [-0.3, -0.25) is 9.69 Å². The number of hydrogen-bond donors (Lipinski definition) is 1. The van der Waals surface area contributed by atoms with E-state index in [4.69, 9.17) is 5.73 Å². The molecule has 0 spiro atoms. The summed E-state index contributed by atoms with van der Waals surface area (Å²) in [5, 5.41) is 0. The fraction of sp³-hybridized carbons (Fsp3) is 0.417. The van der Waals surface area contributed by atoms with Crippen molar-refractivity contribution in [2.45, 2.75) is 26.4 Å². The first-order chi connectivity index (χ1) is 7.15. The average Bonchev–Trinajstić information content (AvgIpc) is 2.26. The van der Waals surface area contributed by atoms with Gasteiger partial charge in [0.2, 0.25) is 5.91 Å². The molecule has 1 unspecified atom stereocenters. The Morgan fingerprint density at radius 2 is 2.00 bits per heavy atom. The maximum absolute atomic E-state index is 11.1. The number of likely N-dealkylation sites (N-methyl/N-ethyl adjacent to an activating group) is 1. The Hall–Kier alpha value is -1.35. The second-order valence-corrected chi connectivity index (χ2v) is 3.63. The second-order valence-electron chi connectivity index (χ2n) is 3.63. The second kappa shape index (κ2) is 5.51. The van der Waals surface area contributed by atoms with Crippen molar-refractivity contribution in [3.8, 4) is 0 Å². The zero-order valence-electron chi connectivity index (χ0n) is 9.31. The smallest absolute Gasteiger partial charge is 0.234 e. The fourth-order valence-electron chi connectivity index (χ4n) is 1.52. The summed E-state index contributed by atoms with van der Waals surface area (Å²) in [6.07, 6.45) is 0. The third-order valence-electron chi connectivity index (χ3n) is 2.59. The number of carbonyl (C=O) groups excluding carboxylic acids is 1. The lowest BCUT2D eigenvalue weighted by Gasteiger charge is -2.25. The van der Waals surface area contributed by atoms with Crippen LogP contribution < -0.4 is 5.73 Å². The zero-order chi connectivity index (χ0) is 11.3. The highest BCUT2D eigenvalue weighted by atomic mass is 16.1. The van der Waals surface area contributed by atoms with Crippen LogP contribution in [0.5, 0.6) is 0 Å². The summed E-state index contributed by atoms with van der Waals surface area (Å²) in [5.41, 5.74) is 6.49. The highest BCUT2D eigenvalue weighted by Crippen LogP contribution is 2.07. The monoisotopic (exact) mass is 206 g/mol. The van der Waals surface area contributed by atoms with Crippen LogP contribution in [0.15, 0.2) is 30.3 Å². The van der Waals surface area contributed by atoms with Gasteiger partial charge in [0.1, 0.15) is 0 Å². The van der Waals surface area contributed by atoms with Gasteiger partial charge in [-0.2, -0.15) is 0 Å². The summed E-state index contributed by atoms with van der Waals surface area (Å²) in [6.45, 7) is 5.46. The van der Waals surface area contributed by atoms with Gasteiger partial charge in [-0.15, -0.1) is 0 Å². The van der Waals surface area contributed by atoms with Crippen molar-refractivity contribution in [3.63, 3.8) is 0 Å². The van der Waals surface area contributed by atoms with Crippen LogP contribution in [0.1, 0.15) is 19.4 Å². The standard InChI is InChI=1S/C12H18N2O/c1-3-14(10(2)12(13)15)9-11-7-5-4-6-8-11/h4-8,10H,3,9H2,1-2H3,(H2,13,15). The van der Waals surface area contributed by atoms with E-state index in [9.17, 15) is 4.79 Å². The van der Waals surface area contributed by atoms with Crippen molar-refractivity contribution in [1.82, 2.24) is 4.90 Å². The van der Waals surface area contributed by atoms with Crippen molar-refractivity contribution in [2.75, 3.05) is 6.54 Å². The van der Waals surface area contributed by atoms with Gasteiger partial charge in [0, 0.05) is 6.54 Å². The van der Waals surface area contributed by atoms with Crippen LogP contribution in [0.2, 0.25) is 0 Å². The number of nitrogens with two attached hydrogens (primary N) is 1. The van der Waals surface area contributed by atoms with E-state index in [1.165, 1.54) is 5.56 Å². The molecule has 1 rings (SSSR count). The first kappa shape index (κ1) is 11.7. The van der Waals surface area contributed by atoms with Crippen LogP contribution in [-0.4, -0.2) is 23.4 Å². The lowest BCUT2D eigenvalue weighted by Crippen LogP contribution is -2.42. The predicted octanol–water partition coefficient (Wildman–Crippen LogP) is 1.38. The van der Waals surface area contributed by atoms with Crippen molar-refractivity contribution >= 4 is 5.91 Å². The molecule has 0 bridgehead atoms. The van der Waals surface area contributed by atoms with Crippen molar-refractivity contribution in [2.24, 2.45) is 5.73 Å². The number of benzene rings is 1. The third kappa shape index (κ3) is 3.36. The Labute approximate surface area is 90.9 Å². The quantitative estimate of drug-likeness (QED) is 0.791. The number of nitrogens with zero attached hydrogens (tertiary/aromatic N) is 1. The molecule has 0 aliphatic heterocycles. The van der Waals surface area contributed by atoms with E-state index in [0.717, 1.165) is 13.1 Å². The van der Waals surface area contributed by atoms with Gasteiger partial charge in [-0.1, -0.05) is 37.3 Å². The predicted molar refractivity (Wildman–Crippen MR) is 61.2 cm³/mol. The van der Waals surface area contributed by atoms with E-state index in [-0.39, 0.29) is 11.9 Å². The highest BCUT2D eigenvalue weighted by molar-refractivity contribution is 5.79. The molecular weight excluding hydrogens is 188 g/mol. The Morgan fingerprint density at radius 1 is 1.40 bits per heavy atom. The summed E-state index contributed by atoms with van der Waals surface area (Å²) in [7, 11) is 0. The van der Waals surface area contributed by atoms with Crippen LogP contribution in [0.3, 0.4) is 0 Å². The molecule has 0 heterocycles. The lowest BCUT2D eigenvalue weighted by atomic mass is 10.2. The summed E-state index contributed by atoms with van der Waals surface area (Å²) < 4.78 is 0. The van der Waals surface area contributed by atoms with Crippen molar-refractivity contribution in [3.05, 3.63) is 35.9 Å². The van der Waals surface area contributed by atoms with Crippen LogP contribution in [-0.2, 0) is 11.3 Å². The van der Waals surface area contributed by atoms with E-state index in [0.29, 0.717) is 0 Å². The molecule has 82 valence electrons. The average molecular weight is 206 g/mol. The number of primary amides is 1. The molecule has 3 nitrogen and oxygen atoms in total. The topological polar surface area (TPSA) is 46.3 Å². The summed E-state index contributed by atoms with van der Waals surface area (Å²) in [4.78, 5) is 13.1. The van der Waals surface area contributed by atoms with Gasteiger partial charge >= 0.3 is 0 Å². The largest absolute Gasteiger partial charge is 0.368 e. The van der Waals surface area contributed by atoms with Crippen molar-refractivity contribution in [1.29, 1.82) is 0 Å². The fourth-order valence-corrected chi connectivity index (χ4v) is 1.52. The molecular formula is C12H18N2O. The van der Waals surface area contributed by atoms with Gasteiger partial charge < -0.3 is 5.73 Å². The first-order valence-electron chi connectivity index (χ1n) is 5.22. The molecule has 0 fully saturated rings. The van der Waals surface area contributed by atoms with E-state index in [1.54, 1.807) is 0 Å². The molecule has 1 aromatic rings. The maximum Gasteiger partial charge on any atom is 0.234 e. The van der Waals surface area contributed by atoms with E-state index in [1.807, 2.05) is 32.0 Å². The molecule has 1 amide bonds. The Kier molecular flexibility index (Phi) is 4.31. The minimum Gasteiger partial charge on any atom is -0.368 e. The minimum absolute atomic E-state index is 0.213. The van der Waals surface area contributed by atoms with Gasteiger partial charge in [0.15, 0.2) is 0 Å². The van der Waals surface area contributed by atoms with E-state index < -0.39 is 0 Å². The normalized spacial score (nSPS) is 12.7. The lowest BCUT2D eigenvalue weighted by molar-refractivity contribution is -0.122. The molecule has 0 saturated carbocycles. The number of amides is 1. The SMILES string of the molecule is CCN(Cc1ccccc1)C(C)C(N)=O. The summed E-state index contributed by atoms with van der Waals surface area (Å²) in [5.74, 6) is -0.271. The molecule has 0 aromatic heterocycles. The van der Waals surface area contributed by atoms with Gasteiger partial charge in [0.25, 0.3) is 0 Å². The number of hydrogen-bond acceptors (Lipinski definition) is 2. The summed E-state index contributed by atoms with van der Waals surface area (Å²) >= 11 is 0. The van der Waals surface area contributed by atoms with Gasteiger partial charge in [0.05, 0.1) is 6.04 Å². The van der Waals surface area contributed by atoms with Crippen LogP contribution in [0.25, 0.3) is 0 Å². The van der Waals surface area contributed by atoms with E-state index in [2.05, 4.69) is 17.0 Å². The van der Waals surface area contributed by atoms with Crippen LogP contribution in [0.4, 0.5) is 0 Å². The number of carbonyl (C=O) groups is 1. The maximum atomic E-state index is 11.1. The van der Waals surface area contributed by atoms with Crippen LogP contribution >= 0.6 is 0 Å².